The molecule has 10 nitrogen and oxygen atoms in total. The first-order valence-electron chi connectivity index (χ1n) is 7.39. The molecule has 2 aliphatic heterocycles. The van der Waals surface area contributed by atoms with E-state index >= 15 is 0 Å². The zero-order chi connectivity index (χ0) is 17.0. The molecule has 10 heteroatoms. The molecule has 0 aromatic rings. The summed E-state index contributed by atoms with van der Waals surface area (Å²) in [6.07, 6.45) is -2.51. The lowest BCUT2D eigenvalue weighted by molar-refractivity contribution is -0.769. The zero-order valence-electron chi connectivity index (χ0n) is 13.4. The smallest absolute Gasteiger partial charge is 0.407 e. The van der Waals surface area contributed by atoms with Crippen LogP contribution in [-0.4, -0.2) is 67.6 Å². The quantitative estimate of drug-likeness (QED) is 0.418. The highest BCUT2D eigenvalue weighted by Gasteiger charge is 2.49. The summed E-state index contributed by atoms with van der Waals surface area (Å²) in [6.45, 7) is 6.21. The minimum Gasteiger partial charge on any atom is -0.444 e. The second kappa shape index (κ2) is 7.28. The van der Waals surface area contributed by atoms with E-state index in [4.69, 9.17) is 18.9 Å². The van der Waals surface area contributed by atoms with Gasteiger partial charge in [0.15, 0.2) is 6.10 Å². The predicted octanol–water partition coefficient (Wildman–Crippen LogP) is 0.271. The molecule has 2 saturated heterocycles. The Hall–Kier alpha value is -1.65. The molecule has 132 valence electrons. The Kier molecular flexibility index (Phi) is 5.60. The van der Waals surface area contributed by atoms with Gasteiger partial charge < -0.3 is 29.1 Å². The van der Waals surface area contributed by atoms with Crippen molar-refractivity contribution in [3.8, 4) is 0 Å². The minimum atomic E-state index is -0.849. The highest BCUT2D eigenvalue weighted by atomic mass is 17.0. The van der Waals surface area contributed by atoms with Crippen molar-refractivity contribution in [2.45, 2.75) is 50.8 Å². The fourth-order valence-corrected chi connectivity index (χ4v) is 2.45. The van der Waals surface area contributed by atoms with E-state index < -0.39 is 35.1 Å². The van der Waals surface area contributed by atoms with Crippen LogP contribution in [0.15, 0.2) is 0 Å². The molecule has 2 aliphatic rings. The maximum absolute atomic E-state index is 11.5. The highest BCUT2D eigenvalue weighted by Crippen LogP contribution is 2.30. The van der Waals surface area contributed by atoms with Crippen LogP contribution in [0.3, 0.4) is 0 Å². The second-order valence-corrected chi connectivity index (χ2v) is 6.30. The second-order valence-electron chi connectivity index (χ2n) is 6.30. The van der Waals surface area contributed by atoms with Crippen molar-refractivity contribution in [2.24, 2.45) is 0 Å². The number of carbonyl (C=O) groups is 1. The van der Waals surface area contributed by atoms with Gasteiger partial charge in [0.2, 0.25) is 0 Å². The van der Waals surface area contributed by atoms with Gasteiger partial charge in [-0.2, -0.15) is 0 Å². The van der Waals surface area contributed by atoms with Gasteiger partial charge in [0, 0.05) is 6.54 Å². The minimum absolute atomic E-state index is 0.0896. The maximum Gasteiger partial charge on any atom is 0.407 e. The molecular formula is C13H22N2O8. The van der Waals surface area contributed by atoms with Crippen LogP contribution in [0.5, 0.6) is 0 Å². The molecule has 4 atom stereocenters. The number of ether oxygens (including phenoxy) is 4. The van der Waals surface area contributed by atoms with Crippen molar-refractivity contribution in [1.29, 1.82) is 0 Å². The van der Waals surface area contributed by atoms with E-state index in [1.54, 1.807) is 20.8 Å². The average molecular weight is 334 g/mol. The monoisotopic (exact) mass is 334 g/mol. The first-order chi connectivity index (χ1) is 10.8. The molecule has 0 spiro atoms. The number of alkyl carbamates (subject to hydrolysis) is 1. The van der Waals surface area contributed by atoms with Gasteiger partial charge in [-0.1, -0.05) is 0 Å². The van der Waals surface area contributed by atoms with E-state index in [0.717, 1.165) is 0 Å². The molecule has 0 aliphatic carbocycles. The number of rotatable bonds is 6. The molecule has 1 N–H and O–H groups in total. The van der Waals surface area contributed by atoms with Crippen LogP contribution < -0.4 is 5.32 Å². The van der Waals surface area contributed by atoms with E-state index in [0.29, 0.717) is 0 Å². The topological polar surface area (TPSA) is 118 Å². The summed E-state index contributed by atoms with van der Waals surface area (Å²) in [5.74, 6) is 0. The summed E-state index contributed by atoms with van der Waals surface area (Å²) in [5, 5.41) is 12.1. The Morgan fingerprint density at radius 2 is 1.87 bits per heavy atom. The molecule has 0 unspecified atom stereocenters. The molecule has 1 amide bonds. The summed E-state index contributed by atoms with van der Waals surface area (Å²) < 4.78 is 21.6. The van der Waals surface area contributed by atoms with Crippen LogP contribution in [0, 0.1) is 10.1 Å². The SMILES string of the molecule is CC(C)(C)OC(=O)NCCO[C@H]1CO[C@H]2[C@@H]1OC[C@H]2O[N+](=O)[O-]. The third-order valence-electron chi connectivity index (χ3n) is 3.29. The van der Waals surface area contributed by atoms with Crippen molar-refractivity contribution in [1.82, 2.24) is 5.32 Å². The Balaban J connectivity index is 1.66. The van der Waals surface area contributed by atoms with Crippen LogP contribution in [0.25, 0.3) is 0 Å². The fourth-order valence-electron chi connectivity index (χ4n) is 2.45. The number of nitrogens with zero attached hydrogens (tertiary/aromatic N) is 1. The highest BCUT2D eigenvalue weighted by molar-refractivity contribution is 5.67. The molecule has 0 bridgehead atoms. The summed E-state index contributed by atoms with van der Waals surface area (Å²) in [6, 6.07) is 0. The van der Waals surface area contributed by atoms with Crippen LogP contribution in [0.1, 0.15) is 20.8 Å². The van der Waals surface area contributed by atoms with Gasteiger partial charge in [-0.25, -0.2) is 4.79 Å². The summed E-state index contributed by atoms with van der Waals surface area (Å²) in [7, 11) is 0. The lowest BCUT2D eigenvalue weighted by Gasteiger charge is -2.20. The normalized spacial score (nSPS) is 29.9. The first kappa shape index (κ1) is 17.7. The Morgan fingerprint density at radius 1 is 1.26 bits per heavy atom. The number of amides is 1. The van der Waals surface area contributed by atoms with Crippen molar-refractivity contribution in [3.05, 3.63) is 10.1 Å². The van der Waals surface area contributed by atoms with Crippen LogP contribution in [0.2, 0.25) is 0 Å². The third-order valence-corrected chi connectivity index (χ3v) is 3.29. The molecule has 2 rings (SSSR count). The van der Waals surface area contributed by atoms with Crippen molar-refractivity contribution in [3.63, 3.8) is 0 Å². The van der Waals surface area contributed by atoms with Crippen LogP contribution in [0.4, 0.5) is 4.79 Å². The van der Waals surface area contributed by atoms with Crippen LogP contribution >= 0.6 is 0 Å². The summed E-state index contributed by atoms with van der Waals surface area (Å²) >= 11 is 0. The van der Waals surface area contributed by atoms with Crippen molar-refractivity contribution < 1.29 is 33.7 Å². The standard InChI is InChI=1S/C13H22N2O8/c1-13(2,3)22-12(16)14-4-5-19-8-6-20-11-9(23-15(17)18)7-21-10(8)11/h8-11H,4-7H2,1-3H3,(H,14,16)/t8-,9+,10+,11+/m0/s1. The molecule has 23 heavy (non-hydrogen) atoms. The van der Waals surface area contributed by atoms with E-state index in [-0.39, 0.29) is 32.5 Å². The van der Waals surface area contributed by atoms with Gasteiger partial charge in [-0.3, -0.25) is 0 Å². The van der Waals surface area contributed by atoms with E-state index in [1.165, 1.54) is 0 Å². The average Bonchev–Trinajstić information content (AvgIpc) is 2.96. The lowest BCUT2D eigenvalue weighted by Crippen LogP contribution is -2.37. The van der Waals surface area contributed by atoms with Crippen molar-refractivity contribution >= 4 is 6.09 Å². The number of fused-ring (bicyclic) bond motifs is 1. The lowest BCUT2D eigenvalue weighted by atomic mass is 10.1. The summed E-state index contributed by atoms with van der Waals surface area (Å²) in [4.78, 5) is 26.4. The number of hydrogen-bond donors (Lipinski definition) is 1. The molecular weight excluding hydrogens is 312 g/mol. The maximum atomic E-state index is 11.5. The first-order valence-corrected chi connectivity index (χ1v) is 7.39. The van der Waals surface area contributed by atoms with Gasteiger partial charge in [-0.05, 0) is 20.8 Å². The number of carbonyl (C=O) groups excluding carboxylic acids is 1. The molecule has 0 aromatic heterocycles. The van der Waals surface area contributed by atoms with Gasteiger partial charge in [0.1, 0.15) is 23.9 Å². The van der Waals surface area contributed by atoms with Gasteiger partial charge >= 0.3 is 6.09 Å². The molecule has 0 aromatic carbocycles. The predicted molar refractivity (Wildman–Crippen MR) is 75.3 cm³/mol. The van der Waals surface area contributed by atoms with Gasteiger partial charge in [0.25, 0.3) is 5.09 Å². The Bertz CT molecular complexity index is 438. The van der Waals surface area contributed by atoms with Crippen molar-refractivity contribution in [2.75, 3.05) is 26.4 Å². The number of nitrogens with one attached hydrogen (secondary N) is 1. The van der Waals surface area contributed by atoms with Gasteiger partial charge in [0.05, 0.1) is 19.8 Å². The largest absolute Gasteiger partial charge is 0.444 e. The molecule has 0 radical (unpaired) electrons. The Labute approximate surface area is 133 Å². The van der Waals surface area contributed by atoms with Gasteiger partial charge in [-0.15, -0.1) is 10.1 Å². The fraction of sp³-hybridized carbons (Fsp3) is 0.923. The molecule has 0 saturated carbocycles. The third kappa shape index (κ3) is 5.19. The summed E-state index contributed by atoms with van der Waals surface area (Å²) in [5.41, 5.74) is -0.554. The zero-order valence-corrected chi connectivity index (χ0v) is 13.4. The van der Waals surface area contributed by atoms with E-state index in [2.05, 4.69) is 10.2 Å². The van der Waals surface area contributed by atoms with Crippen LogP contribution in [-0.2, 0) is 23.8 Å². The molecule has 2 heterocycles. The Morgan fingerprint density at radius 3 is 2.48 bits per heavy atom. The molecule has 2 fully saturated rings. The number of hydrogen-bond acceptors (Lipinski definition) is 8. The van der Waals surface area contributed by atoms with E-state index in [1.807, 2.05) is 0 Å². The van der Waals surface area contributed by atoms with E-state index in [9.17, 15) is 14.9 Å².